The van der Waals surface area contributed by atoms with Gasteiger partial charge in [0.1, 0.15) is 0 Å². The second kappa shape index (κ2) is 2.92. The minimum Gasteiger partial charge on any atom is 0 e. The van der Waals surface area contributed by atoms with E-state index in [1.165, 1.54) is 0 Å². The van der Waals surface area contributed by atoms with Gasteiger partial charge in [0, 0.05) is 19.5 Å². The molecule has 0 aromatic rings. The van der Waals surface area contributed by atoms with E-state index in [1.807, 2.05) is 0 Å². The normalized spacial score (nSPS) is 9.50. The van der Waals surface area contributed by atoms with Gasteiger partial charge < -0.3 is 0 Å². The fourth-order valence-corrected chi connectivity index (χ4v) is 0. The molecule has 0 bridgehead atoms. The van der Waals surface area contributed by atoms with Gasteiger partial charge in [0.2, 0.25) is 0 Å². The van der Waals surface area contributed by atoms with Crippen LogP contribution < -0.4 is 0 Å². The van der Waals surface area contributed by atoms with Crippen molar-refractivity contribution in [3.05, 3.63) is 0 Å². The molecule has 6 heteroatoms. The second-order valence-electron chi connectivity index (χ2n) is 0.364. The predicted octanol–water partition coefficient (Wildman–Crippen LogP) is 0.328. The van der Waals surface area contributed by atoms with Crippen LogP contribution in [-0.2, 0) is 42.7 Å². The van der Waals surface area contributed by atoms with E-state index in [2.05, 4.69) is 10.1 Å². The summed E-state index contributed by atoms with van der Waals surface area (Å²) in [6, 6.07) is 0. The molecule has 0 rings (SSSR count). The first-order valence-electron chi connectivity index (χ1n) is 0.606. The molecule has 0 radical (unpaired) electrons. The van der Waals surface area contributed by atoms with Gasteiger partial charge >= 0.3 is 33.3 Å². The summed E-state index contributed by atoms with van der Waals surface area (Å²) >= 11 is -4.90. The Kier molecular flexibility index (Phi) is 4.84. The molecule has 0 aliphatic carbocycles. The number of hydrogen-bond acceptors (Lipinski definition) is 3. The topological polar surface area (TPSA) is 51.2 Å². The van der Waals surface area contributed by atoms with Crippen molar-refractivity contribution in [3.8, 4) is 0 Å². The van der Waals surface area contributed by atoms with Crippen LogP contribution in [-0.4, -0.2) is 0 Å². The van der Waals surface area contributed by atoms with E-state index in [0.717, 1.165) is 0 Å². The zero-order valence-electron chi connectivity index (χ0n) is 2.69. The van der Waals surface area contributed by atoms with Crippen LogP contribution in [0.5, 0.6) is 0 Å². The molecule has 34 valence electrons. The summed E-state index contributed by atoms with van der Waals surface area (Å²) in [5.41, 5.74) is 0. The number of rotatable bonds is 0. The Morgan fingerprint density at radius 1 is 1.17 bits per heavy atom. The number of halogens is 1. The molecule has 0 saturated heterocycles. The Morgan fingerprint density at radius 3 is 1.17 bits per heavy atom. The maximum absolute atomic E-state index is 8.90. The minimum absolute atomic E-state index is 0. The summed E-state index contributed by atoms with van der Waals surface area (Å²) in [6.07, 6.45) is 0. The van der Waals surface area contributed by atoms with Crippen molar-refractivity contribution < 1.29 is 42.7 Å². The molecule has 0 unspecified atom stereocenters. The Labute approximate surface area is 52.9 Å². The molecular formula is ClMnO3Zn. The molecule has 0 aliphatic rings. The summed E-state index contributed by atoms with van der Waals surface area (Å²) in [6.45, 7) is 0. The van der Waals surface area contributed by atoms with Crippen molar-refractivity contribution in [1.29, 1.82) is 0 Å². The van der Waals surface area contributed by atoms with Crippen LogP contribution in [0.25, 0.3) is 0 Å². The Morgan fingerprint density at radius 2 is 1.17 bits per heavy atom. The molecule has 0 heterocycles. The third-order valence-electron chi connectivity index (χ3n) is 0. The van der Waals surface area contributed by atoms with Crippen LogP contribution in [0.4, 0.5) is 0 Å². The van der Waals surface area contributed by atoms with Crippen molar-refractivity contribution in [3.63, 3.8) is 0 Å². The predicted molar refractivity (Wildman–Crippen MR) is 7.91 cm³/mol. The average Bonchev–Trinajstić information content (AvgIpc) is 0.722. The van der Waals surface area contributed by atoms with Gasteiger partial charge in [-0.2, -0.15) is 0 Å². The van der Waals surface area contributed by atoms with E-state index >= 15 is 0 Å². The van der Waals surface area contributed by atoms with Crippen LogP contribution in [0.15, 0.2) is 0 Å². The van der Waals surface area contributed by atoms with Gasteiger partial charge in [-0.3, -0.25) is 0 Å². The van der Waals surface area contributed by atoms with E-state index < -0.39 is 11.7 Å². The maximum Gasteiger partial charge on any atom is 0 e. The molecule has 3 nitrogen and oxygen atoms in total. The van der Waals surface area contributed by atoms with Crippen LogP contribution in [0.2, 0.25) is 0 Å². The average molecular weight is 204 g/mol. The van der Waals surface area contributed by atoms with Crippen molar-refractivity contribution in [2.24, 2.45) is 0 Å². The van der Waals surface area contributed by atoms with Gasteiger partial charge in [0.25, 0.3) is 0 Å². The van der Waals surface area contributed by atoms with E-state index in [1.54, 1.807) is 0 Å². The SMILES string of the molecule is [O]=[Mn](=[O])(=[O])[Cl].[Zn]. The van der Waals surface area contributed by atoms with Crippen molar-refractivity contribution in [1.82, 2.24) is 0 Å². The fourth-order valence-electron chi connectivity index (χ4n) is 0. The number of hydrogen-bond donors (Lipinski definition) is 0. The molecule has 6 heavy (non-hydrogen) atoms. The summed E-state index contributed by atoms with van der Waals surface area (Å²) in [5.74, 6) is 0. The van der Waals surface area contributed by atoms with Gasteiger partial charge in [-0.25, -0.2) is 0 Å². The van der Waals surface area contributed by atoms with Crippen LogP contribution in [0.1, 0.15) is 0 Å². The van der Waals surface area contributed by atoms with Crippen LogP contribution in [0, 0.1) is 0 Å². The summed E-state index contributed by atoms with van der Waals surface area (Å²) in [5, 5.41) is 0. The standard InChI is InChI=1S/ClH.Mn.3O.Zn/h1H;;;;;/q;+1;;;;/p-1. The monoisotopic (exact) mass is 202 g/mol. The summed E-state index contributed by atoms with van der Waals surface area (Å²) in [4.78, 5) is 0. The molecule has 0 saturated carbocycles. The van der Waals surface area contributed by atoms with Crippen LogP contribution >= 0.6 is 10.1 Å². The van der Waals surface area contributed by atoms with Crippen LogP contribution in [0.3, 0.4) is 0 Å². The van der Waals surface area contributed by atoms with Gasteiger partial charge in [0.15, 0.2) is 0 Å². The Bertz CT molecular complexity index is 132. The van der Waals surface area contributed by atoms with Crippen molar-refractivity contribution in [2.75, 3.05) is 0 Å². The molecule has 0 aromatic carbocycles. The Balaban J connectivity index is 0. The van der Waals surface area contributed by atoms with E-state index in [4.69, 9.17) is 11.5 Å². The van der Waals surface area contributed by atoms with Gasteiger partial charge in [-0.15, -0.1) is 0 Å². The zero-order valence-corrected chi connectivity index (χ0v) is 7.59. The van der Waals surface area contributed by atoms with Gasteiger partial charge in [0.05, 0.1) is 0 Å². The third kappa shape index (κ3) is 102. The quantitative estimate of drug-likeness (QED) is 0.534. The fraction of sp³-hybridized carbons (Fsp3) is 0. The van der Waals surface area contributed by atoms with E-state index in [0.29, 0.717) is 0 Å². The molecule has 0 amide bonds. The molecule has 0 atom stereocenters. The first-order valence-corrected chi connectivity index (χ1v) is 3.68. The van der Waals surface area contributed by atoms with Gasteiger partial charge in [-0.1, -0.05) is 0 Å². The molecule has 0 N–H and O–H groups in total. The maximum atomic E-state index is 8.90. The van der Waals surface area contributed by atoms with Crippen molar-refractivity contribution >= 4 is 10.1 Å². The van der Waals surface area contributed by atoms with Crippen molar-refractivity contribution in [2.45, 2.75) is 0 Å². The molecule has 0 fully saturated rings. The second-order valence-corrected chi connectivity index (χ2v) is 2.94. The molecular weight excluding hydrogens is 204 g/mol. The third-order valence-corrected chi connectivity index (χ3v) is 0. The first-order chi connectivity index (χ1) is 2.00. The molecule has 0 spiro atoms. The summed E-state index contributed by atoms with van der Waals surface area (Å²) < 4.78 is 26.7. The minimum atomic E-state index is -4.90. The van der Waals surface area contributed by atoms with E-state index in [-0.39, 0.29) is 19.5 Å². The summed E-state index contributed by atoms with van der Waals surface area (Å²) in [7, 11) is 4.00. The van der Waals surface area contributed by atoms with Gasteiger partial charge in [-0.05, 0) is 0 Å². The smallest absolute Gasteiger partial charge is 0 e. The zero-order chi connectivity index (χ0) is 4.50. The largest absolute Gasteiger partial charge is 0 e. The van der Waals surface area contributed by atoms with E-state index in [9.17, 15) is 0 Å². The molecule has 0 aliphatic heterocycles. The first kappa shape index (κ1) is 9.95. The molecule has 0 aromatic heterocycles. The Hall–Kier alpha value is 0.833.